The monoisotopic (exact) mass is 424 g/mol. The molecule has 1 amide bonds. The van der Waals surface area contributed by atoms with Gasteiger partial charge in [-0.15, -0.1) is 0 Å². The van der Waals surface area contributed by atoms with Gasteiger partial charge in [-0.05, 0) is 72.9 Å². The number of aromatic nitrogens is 3. The lowest BCUT2D eigenvalue weighted by atomic mass is 9.89. The molecule has 0 radical (unpaired) electrons. The SMILES string of the molecule is COc1ccc(-c2n[nH]c(=S)n2CC(=O)N2CCC(c3ccc(O)cc3)CC2)cc1. The fourth-order valence-corrected chi connectivity index (χ4v) is 4.07. The van der Waals surface area contributed by atoms with Crippen molar-refractivity contribution in [2.75, 3.05) is 20.2 Å². The summed E-state index contributed by atoms with van der Waals surface area (Å²) in [5, 5.41) is 16.6. The van der Waals surface area contributed by atoms with Gasteiger partial charge in [-0.1, -0.05) is 12.1 Å². The van der Waals surface area contributed by atoms with Gasteiger partial charge < -0.3 is 14.7 Å². The van der Waals surface area contributed by atoms with Crippen molar-refractivity contribution in [2.45, 2.75) is 25.3 Å². The van der Waals surface area contributed by atoms with Crippen LogP contribution in [0.2, 0.25) is 0 Å². The van der Waals surface area contributed by atoms with Crippen LogP contribution in [0.5, 0.6) is 11.5 Å². The molecule has 2 heterocycles. The van der Waals surface area contributed by atoms with Gasteiger partial charge in [0.1, 0.15) is 18.0 Å². The third kappa shape index (κ3) is 4.23. The maximum Gasteiger partial charge on any atom is 0.242 e. The maximum atomic E-state index is 13.0. The molecule has 1 aromatic heterocycles. The van der Waals surface area contributed by atoms with Crippen LogP contribution in [0.25, 0.3) is 11.4 Å². The number of hydrogen-bond acceptors (Lipinski definition) is 5. The van der Waals surface area contributed by atoms with Crippen molar-refractivity contribution >= 4 is 18.1 Å². The summed E-state index contributed by atoms with van der Waals surface area (Å²) in [4.78, 5) is 14.8. The quantitative estimate of drug-likeness (QED) is 0.610. The predicted molar refractivity (Wildman–Crippen MR) is 116 cm³/mol. The summed E-state index contributed by atoms with van der Waals surface area (Å²) in [6.45, 7) is 1.56. The van der Waals surface area contributed by atoms with Gasteiger partial charge in [-0.2, -0.15) is 5.10 Å². The molecule has 1 fully saturated rings. The molecule has 0 saturated carbocycles. The number of piperidine rings is 1. The van der Waals surface area contributed by atoms with Crippen molar-refractivity contribution in [3.05, 3.63) is 58.9 Å². The van der Waals surface area contributed by atoms with Crippen LogP contribution >= 0.6 is 12.2 Å². The summed E-state index contributed by atoms with van der Waals surface area (Å²) in [6, 6.07) is 14.9. The zero-order valence-electron chi connectivity index (χ0n) is 16.7. The predicted octanol–water partition coefficient (Wildman–Crippen LogP) is 3.73. The minimum absolute atomic E-state index is 0.0337. The molecule has 1 saturated heterocycles. The minimum atomic E-state index is 0.0337. The molecule has 30 heavy (non-hydrogen) atoms. The Morgan fingerprint density at radius 2 is 1.83 bits per heavy atom. The second-order valence-electron chi connectivity index (χ2n) is 7.41. The fraction of sp³-hybridized carbons (Fsp3) is 0.318. The summed E-state index contributed by atoms with van der Waals surface area (Å²) in [5.74, 6) is 2.10. The number of nitrogens with zero attached hydrogens (tertiary/aromatic N) is 3. The summed E-state index contributed by atoms with van der Waals surface area (Å²) >= 11 is 5.36. The molecule has 8 heteroatoms. The Morgan fingerprint density at radius 1 is 1.17 bits per heavy atom. The summed E-state index contributed by atoms with van der Waals surface area (Å²) in [7, 11) is 1.62. The molecule has 0 atom stereocenters. The first-order valence-electron chi connectivity index (χ1n) is 9.91. The summed E-state index contributed by atoms with van der Waals surface area (Å²) < 4.78 is 7.37. The van der Waals surface area contributed by atoms with Crippen LogP contribution < -0.4 is 4.74 Å². The number of likely N-dealkylation sites (tertiary alicyclic amines) is 1. The van der Waals surface area contributed by atoms with Crippen molar-refractivity contribution < 1.29 is 14.6 Å². The van der Waals surface area contributed by atoms with Crippen molar-refractivity contribution in [1.29, 1.82) is 0 Å². The Labute approximate surface area is 179 Å². The largest absolute Gasteiger partial charge is 0.508 e. The number of ether oxygens (including phenoxy) is 1. The van der Waals surface area contributed by atoms with Gasteiger partial charge in [0.2, 0.25) is 5.91 Å². The van der Waals surface area contributed by atoms with Gasteiger partial charge in [0.05, 0.1) is 7.11 Å². The maximum absolute atomic E-state index is 13.0. The first kappa shape index (κ1) is 20.2. The van der Waals surface area contributed by atoms with E-state index in [1.165, 1.54) is 5.56 Å². The number of aromatic amines is 1. The van der Waals surface area contributed by atoms with E-state index < -0.39 is 0 Å². The van der Waals surface area contributed by atoms with Crippen molar-refractivity contribution in [2.24, 2.45) is 0 Å². The Morgan fingerprint density at radius 3 is 2.47 bits per heavy atom. The third-order valence-electron chi connectivity index (χ3n) is 5.61. The molecule has 156 valence electrons. The molecule has 3 aromatic rings. The normalized spacial score (nSPS) is 14.6. The van der Waals surface area contributed by atoms with E-state index in [4.69, 9.17) is 17.0 Å². The minimum Gasteiger partial charge on any atom is -0.508 e. The van der Waals surface area contributed by atoms with Crippen LogP contribution in [0.4, 0.5) is 0 Å². The van der Waals surface area contributed by atoms with E-state index in [-0.39, 0.29) is 18.2 Å². The highest BCUT2D eigenvalue weighted by Gasteiger charge is 2.25. The number of phenols is 1. The number of phenolic OH excluding ortho intramolecular Hbond substituents is 1. The van der Waals surface area contributed by atoms with Crippen LogP contribution in [0, 0.1) is 4.77 Å². The molecular weight excluding hydrogens is 400 g/mol. The van der Waals surface area contributed by atoms with Crippen LogP contribution in [-0.4, -0.2) is 50.9 Å². The average molecular weight is 425 g/mol. The molecule has 2 aromatic carbocycles. The Hall–Kier alpha value is -3.13. The number of rotatable bonds is 5. The Bertz CT molecular complexity index is 1070. The number of carbonyl (C=O) groups is 1. The third-order valence-corrected chi connectivity index (χ3v) is 5.92. The first-order valence-corrected chi connectivity index (χ1v) is 10.3. The van der Waals surface area contributed by atoms with Gasteiger partial charge in [0.15, 0.2) is 10.6 Å². The number of benzene rings is 2. The Balaban J connectivity index is 1.43. The highest BCUT2D eigenvalue weighted by Crippen LogP contribution is 2.29. The number of nitrogens with one attached hydrogen (secondary N) is 1. The first-order chi connectivity index (χ1) is 14.5. The summed E-state index contributed by atoms with van der Waals surface area (Å²) in [5.41, 5.74) is 2.07. The molecule has 1 aliphatic heterocycles. The van der Waals surface area contributed by atoms with Crippen LogP contribution in [0.15, 0.2) is 48.5 Å². The standard InChI is InChI=1S/C22H24N4O3S/c1-29-19-8-4-17(5-9-19)21-23-24-22(30)26(21)14-20(28)25-12-10-16(11-13-25)15-2-6-18(27)7-3-15/h2-9,16,27H,10-14H2,1H3,(H,24,30). The average Bonchev–Trinajstić information content (AvgIpc) is 3.14. The molecule has 0 bridgehead atoms. The number of hydrogen-bond donors (Lipinski definition) is 2. The van der Waals surface area contributed by atoms with Gasteiger partial charge in [0.25, 0.3) is 0 Å². The highest BCUT2D eigenvalue weighted by atomic mass is 32.1. The van der Waals surface area contributed by atoms with E-state index in [1.807, 2.05) is 41.3 Å². The fourth-order valence-electron chi connectivity index (χ4n) is 3.87. The molecule has 1 aliphatic rings. The smallest absolute Gasteiger partial charge is 0.242 e. The van der Waals surface area contributed by atoms with E-state index in [0.717, 1.165) is 24.2 Å². The van der Waals surface area contributed by atoms with Crippen LogP contribution in [0.3, 0.4) is 0 Å². The molecule has 0 unspecified atom stereocenters. The van der Waals surface area contributed by atoms with Gasteiger partial charge >= 0.3 is 0 Å². The van der Waals surface area contributed by atoms with Crippen LogP contribution in [0.1, 0.15) is 24.3 Å². The van der Waals surface area contributed by atoms with E-state index in [1.54, 1.807) is 23.8 Å². The Kier molecular flexibility index (Phi) is 5.85. The molecule has 0 aliphatic carbocycles. The van der Waals surface area contributed by atoms with E-state index in [0.29, 0.717) is 29.6 Å². The van der Waals surface area contributed by atoms with Gasteiger partial charge in [-0.25, -0.2) is 0 Å². The van der Waals surface area contributed by atoms with Crippen molar-refractivity contribution in [3.8, 4) is 22.9 Å². The van der Waals surface area contributed by atoms with Crippen molar-refractivity contribution in [3.63, 3.8) is 0 Å². The lowest BCUT2D eigenvalue weighted by Crippen LogP contribution is -2.39. The van der Waals surface area contributed by atoms with Crippen LogP contribution in [-0.2, 0) is 11.3 Å². The topological polar surface area (TPSA) is 83.4 Å². The van der Waals surface area contributed by atoms with E-state index in [2.05, 4.69) is 10.2 Å². The molecule has 4 rings (SSSR count). The lowest BCUT2D eigenvalue weighted by Gasteiger charge is -2.32. The molecular formula is C22H24N4O3S. The highest BCUT2D eigenvalue weighted by molar-refractivity contribution is 7.71. The van der Waals surface area contributed by atoms with E-state index >= 15 is 0 Å². The van der Waals surface area contributed by atoms with Gasteiger partial charge in [0, 0.05) is 18.7 Å². The zero-order valence-corrected chi connectivity index (χ0v) is 17.6. The number of amides is 1. The second-order valence-corrected chi connectivity index (χ2v) is 7.80. The van der Waals surface area contributed by atoms with E-state index in [9.17, 15) is 9.90 Å². The molecule has 2 N–H and O–H groups in total. The second kappa shape index (κ2) is 8.71. The number of aromatic hydroxyl groups is 1. The zero-order chi connectivity index (χ0) is 21.1. The number of methoxy groups -OCH3 is 1. The summed E-state index contributed by atoms with van der Waals surface area (Å²) in [6.07, 6.45) is 1.80. The number of carbonyl (C=O) groups excluding carboxylic acids is 1. The van der Waals surface area contributed by atoms with Gasteiger partial charge in [-0.3, -0.25) is 14.5 Å². The number of H-pyrrole nitrogens is 1. The van der Waals surface area contributed by atoms with Crippen molar-refractivity contribution in [1.82, 2.24) is 19.7 Å². The lowest BCUT2D eigenvalue weighted by molar-refractivity contribution is -0.132. The molecule has 7 nitrogen and oxygen atoms in total. The molecule has 0 spiro atoms.